The highest BCUT2D eigenvalue weighted by Gasteiger charge is 2.40. The molecule has 0 saturated carbocycles. The minimum Gasteiger partial charge on any atom is -0.479 e. The van der Waals surface area contributed by atoms with E-state index in [9.17, 15) is 14.3 Å². The number of hydrogen-bond donors (Lipinski definition) is 2. The van der Waals surface area contributed by atoms with Crippen molar-refractivity contribution in [3.63, 3.8) is 0 Å². The number of ether oxygens (including phenoxy) is 2. The first-order chi connectivity index (χ1) is 10.9. The lowest BCUT2D eigenvalue weighted by molar-refractivity contribution is -0.105. The lowest BCUT2D eigenvalue weighted by Crippen LogP contribution is -2.65. The summed E-state index contributed by atoms with van der Waals surface area (Å²) >= 11 is 0. The molecule has 0 spiro atoms. The van der Waals surface area contributed by atoms with Gasteiger partial charge in [-0.2, -0.15) is 9.37 Å². The molecule has 2 rings (SSSR count). The zero-order valence-corrected chi connectivity index (χ0v) is 13.4. The molecule has 1 saturated heterocycles. The van der Waals surface area contributed by atoms with Crippen LogP contribution in [0.25, 0.3) is 0 Å². The van der Waals surface area contributed by atoms with Gasteiger partial charge in [-0.15, -0.1) is 0 Å². The average Bonchev–Trinajstić information content (AvgIpc) is 2.56. The zero-order chi connectivity index (χ0) is 17.0. The summed E-state index contributed by atoms with van der Waals surface area (Å²) in [5, 5.41) is 12.4. The Morgan fingerprint density at radius 3 is 3.09 bits per heavy atom. The second kappa shape index (κ2) is 7.16. The monoisotopic (exact) mass is 328 g/mol. The van der Waals surface area contributed by atoms with E-state index < -0.39 is 17.3 Å². The van der Waals surface area contributed by atoms with Gasteiger partial charge in [-0.1, -0.05) is 0 Å². The molecule has 128 valence electrons. The minimum absolute atomic E-state index is 0.106. The molecule has 23 heavy (non-hydrogen) atoms. The largest absolute Gasteiger partial charge is 0.479 e. The van der Waals surface area contributed by atoms with Gasteiger partial charge in [0.2, 0.25) is 11.6 Å². The normalized spacial score (nSPS) is 25.2. The Balaban J connectivity index is 2.08. The van der Waals surface area contributed by atoms with E-state index in [1.165, 1.54) is 7.11 Å². The number of hydrogen-bond acceptors (Lipinski definition) is 7. The molecule has 1 aromatic heterocycles. The molecule has 2 heterocycles. The van der Waals surface area contributed by atoms with Crippen LogP contribution in [0.15, 0.2) is 6.20 Å². The van der Waals surface area contributed by atoms with E-state index in [1.54, 1.807) is 0 Å². The number of methoxy groups -OCH3 is 1. The van der Waals surface area contributed by atoms with E-state index in [-0.39, 0.29) is 37.5 Å². The summed E-state index contributed by atoms with van der Waals surface area (Å²) in [6, 6.07) is 0.106. The van der Waals surface area contributed by atoms with Crippen LogP contribution in [0.1, 0.15) is 17.5 Å². The highest BCUT2D eigenvalue weighted by Crippen LogP contribution is 2.21. The van der Waals surface area contributed by atoms with E-state index in [2.05, 4.69) is 15.3 Å². The van der Waals surface area contributed by atoms with Crippen LogP contribution in [0.3, 0.4) is 0 Å². The Bertz CT molecular complexity index is 574. The van der Waals surface area contributed by atoms with Gasteiger partial charge < -0.3 is 19.9 Å². The van der Waals surface area contributed by atoms with Gasteiger partial charge in [-0.05, 0) is 14.0 Å². The Labute approximate surface area is 133 Å². The lowest BCUT2D eigenvalue weighted by atomic mass is 9.96. The van der Waals surface area contributed by atoms with Gasteiger partial charge in [0.25, 0.3) is 11.8 Å². The maximum Gasteiger partial charge on any atom is 0.289 e. The number of rotatable bonds is 5. The van der Waals surface area contributed by atoms with Crippen molar-refractivity contribution in [1.29, 1.82) is 0 Å². The fourth-order valence-corrected chi connectivity index (χ4v) is 2.42. The molecule has 0 radical (unpaired) electrons. The molecule has 0 bridgehead atoms. The first-order valence-electron chi connectivity index (χ1n) is 7.20. The Morgan fingerprint density at radius 2 is 2.43 bits per heavy atom. The number of nitrogens with one attached hydrogen (secondary N) is 1. The SMILES string of the molecule is COc1nc(C(=O)NC[C@]2(CO)COC[C@@H](C)N2C)ncc1F. The van der Waals surface area contributed by atoms with E-state index in [4.69, 9.17) is 9.47 Å². The maximum absolute atomic E-state index is 13.3. The second-order valence-electron chi connectivity index (χ2n) is 5.59. The van der Waals surface area contributed by atoms with Gasteiger partial charge in [-0.3, -0.25) is 9.69 Å². The summed E-state index contributed by atoms with van der Waals surface area (Å²) in [6.45, 7) is 2.79. The smallest absolute Gasteiger partial charge is 0.289 e. The summed E-state index contributed by atoms with van der Waals surface area (Å²) in [6.07, 6.45) is 0.875. The van der Waals surface area contributed by atoms with Crippen LogP contribution in [0, 0.1) is 5.82 Å². The van der Waals surface area contributed by atoms with Crippen molar-refractivity contribution in [1.82, 2.24) is 20.2 Å². The Kier molecular flexibility index (Phi) is 5.45. The van der Waals surface area contributed by atoms with Crippen LogP contribution < -0.4 is 10.1 Å². The predicted octanol–water partition coefficient (Wildman–Crippen LogP) is -0.564. The topological polar surface area (TPSA) is 96.8 Å². The van der Waals surface area contributed by atoms with Crippen molar-refractivity contribution >= 4 is 5.91 Å². The molecule has 0 aliphatic carbocycles. The fourth-order valence-electron chi connectivity index (χ4n) is 2.42. The number of morpholine rings is 1. The molecule has 2 atom stereocenters. The average molecular weight is 328 g/mol. The van der Waals surface area contributed by atoms with Crippen LogP contribution in [0.5, 0.6) is 5.88 Å². The molecule has 1 aromatic rings. The van der Waals surface area contributed by atoms with Crippen molar-refractivity contribution in [2.24, 2.45) is 0 Å². The first kappa shape index (κ1) is 17.5. The number of aliphatic hydroxyl groups excluding tert-OH is 1. The molecule has 1 fully saturated rings. The van der Waals surface area contributed by atoms with Crippen LogP contribution in [-0.4, -0.2) is 78.0 Å². The van der Waals surface area contributed by atoms with Gasteiger partial charge in [0.1, 0.15) is 0 Å². The maximum atomic E-state index is 13.3. The zero-order valence-electron chi connectivity index (χ0n) is 13.4. The molecule has 0 unspecified atom stereocenters. The fraction of sp³-hybridized carbons (Fsp3) is 0.643. The number of carbonyl (C=O) groups excluding carboxylic acids is 1. The lowest BCUT2D eigenvalue weighted by Gasteiger charge is -2.47. The molecule has 9 heteroatoms. The van der Waals surface area contributed by atoms with Gasteiger partial charge >= 0.3 is 0 Å². The van der Waals surface area contributed by atoms with Gasteiger partial charge in [0.05, 0.1) is 38.7 Å². The quantitative estimate of drug-likeness (QED) is 0.747. The number of aliphatic hydroxyl groups is 1. The molecular weight excluding hydrogens is 307 g/mol. The van der Waals surface area contributed by atoms with Crippen molar-refractivity contribution in [2.45, 2.75) is 18.5 Å². The van der Waals surface area contributed by atoms with Crippen molar-refractivity contribution < 1.29 is 23.8 Å². The second-order valence-corrected chi connectivity index (χ2v) is 5.59. The van der Waals surface area contributed by atoms with Gasteiger partial charge in [0, 0.05) is 12.6 Å². The number of halogens is 1. The van der Waals surface area contributed by atoms with Crippen LogP contribution in [0.4, 0.5) is 4.39 Å². The summed E-state index contributed by atoms with van der Waals surface area (Å²) in [5.41, 5.74) is -0.725. The molecule has 1 aliphatic rings. The van der Waals surface area contributed by atoms with Crippen molar-refractivity contribution in [3.05, 3.63) is 17.8 Å². The Morgan fingerprint density at radius 1 is 1.70 bits per heavy atom. The van der Waals surface area contributed by atoms with Crippen LogP contribution in [-0.2, 0) is 4.74 Å². The van der Waals surface area contributed by atoms with E-state index >= 15 is 0 Å². The molecule has 2 N–H and O–H groups in total. The molecule has 1 aliphatic heterocycles. The highest BCUT2D eigenvalue weighted by molar-refractivity contribution is 5.90. The number of nitrogens with zero attached hydrogens (tertiary/aromatic N) is 3. The number of likely N-dealkylation sites (N-methyl/N-ethyl adjacent to an activating group) is 1. The van der Waals surface area contributed by atoms with Crippen molar-refractivity contribution in [2.75, 3.05) is 40.5 Å². The van der Waals surface area contributed by atoms with Crippen LogP contribution in [0.2, 0.25) is 0 Å². The number of amides is 1. The first-order valence-corrected chi connectivity index (χ1v) is 7.20. The number of aromatic nitrogens is 2. The number of carbonyl (C=O) groups is 1. The van der Waals surface area contributed by atoms with Gasteiger partial charge in [0.15, 0.2) is 0 Å². The predicted molar refractivity (Wildman–Crippen MR) is 78.7 cm³/mol. The summed E-state index contributed by atoms with van der Waals surface area (Å²) < 4.78 is 23.5. The van der Waals surface area contributed by atoms with Crippen LogP contribution >= 0.6 is 0 Å². The third kappa shape index (κ3) is 3.57. The molecular formula is C14H21FN4O4. The van der Waals surface area contributed by atoms with E-state index in [1.807, 2.05) is 18.9 Å². The van der Waals surface area contributed by atoms with Crippen molar-refractivity contribution in [3.8, 4) is 5.88 Å². The van der Waals surface area contributed by atoms with E-state index in [0.717, 1.165) is 6.20 Å². The summed E-state index contributed by atoms with van der Waals surface area (Å²) in [5.74, 6) is -1.83. The summed E-state index contributed by atoms with van der Waals surface area (Å²) in [4.78, 5) is 21.5. The Hall–Kier alpha value is -1.84. The van der Waals surface area contributed by atoms with E-state index in [0.29, 0.717) is 6.61 Å². The highest BCUT2D eigenvalue weighted by atomic mass is 19.1. The molecule has 0 aromatic carbocycles. The third-order valence-corrected chi connectivity index (χ3v) is 4.12. The molecule has 8 nitrogen and oxygen atoms in total. The minimum atomic E-state index is -0.745. The molecule has 1 amide bonds. The van der Waals surface area contributed by atoms with Gasteiger partial charge in [-0.25, -0.2) is 4.98 Å². The summed E-state index contributed by atoms with van der Waals surface area (Å²) in [7, 11) is 3.12. The third-order valence-electron chi connectivity index (χ3n) is 4.12. The standard InChI is InChI=1S/C14H21FN4O4/c1-9-5-23-8-14(7-20,19(9)2)6-17-12(21)11-16-4-10(15)13(18-11)22-3/h4,9,20H,5-8H2,1-3H3,(H,17,21)/t9-,14+/m1/s1.